The van der Waals surface area contributed by atoms with Crippen molar-refractivity contribution in [3.8, 4) is 11.5 Å². The first-order valence-corrected chi connectivity index (χ1v) is 7.63. The van der Waals surface area contributed by atoms with Crippen LogP contribution in [0.4, 0.5) is 0 Å². The lowest BCUT2D eigenvalue weighted by Gasteiger charge is -2.09. The summed E-state index contributed by atoms with van der Waals surface area (Å²) in [7, 11) is 0. The maximum Gasteiger partial charge on any atom is 0.221 e. The van der Waals surface area contributed by atoms with Gasteiger partial charge in [0.25, 0.3) is 0 Å². The molecule has 0 saturated carbocycles. The molecular formula is C17H19N5O. The SMILES string of the molecule is NCCNC(=O)CCn1c(-c2ccccn2)nc2ccccc21. The summed E-state index contributed by atoms with van der Waals surface area (Å²) in [6.07, 6.45) is 2.12. The van der Waals surface area contributed by atoms with Gasteiger partial charge in [-0.3, -0.25) is 9.78 Å². The molecule has 3 rings (SSSR count). The van der Waals surface area contributed by atoms with Crippen LogP contribution in [0.3, 0.4) is 0 Å². The number of benzene rings is 1. The van der Waals surface area contributed by atoms with Crippen LogP contribution in [0.2, 0.25) is 0 Å². The predicted molar refractivity (Wildman–Crippen MR) is 89.6 cm³/mol. The van der Waals surface area contributed by atoms with Crippen LogP contribution in [0.5, 0.6) is 0 Å². The Kier molecular flexibility index (Phi) is 4.63. The predicted octanol–water partition coefficient (Wildman–Crippen LogP) is 1.56. The highest BCUT2D eigenvalue weighted by atomic mass is 16.1. The van der Waals surface area contributed by atoms with Crippen molar-refractivity contribution < 1.29 is 4.79 Å². The second-order valence-corrected chi connectivity index (χ2v) is 5.18. The van der Waals surface area contributed by atoms with Gasteiger partial charge >= 0.3 is 0 Å². The molecule has 6 heteroatoms. The summed E-state index contributed by atoms with van der Waals surface area (Å²) in [5, 5.41) is 2.79. The molecule has 0 bridgehead atoms. The van der Waals surface area contributed by atoms with Crippen LogP contribution >= 0.6 is 0 Å². The number of imidazole rings is 1. The van der Waals surface area contributed by atoms with Crippen molar-refractivity contribution in [2.75, 3.05) is 13.1 Å². The number of para-hydroxylation sites is 2. The zero-order valence-corrected chi connectivity index (χ0v) is 12.8. The number of hydrogen-bond acceptors (Lipinski definition) is 4. The quantitative estimate of drug-likeness (QED) is 0.723. The van der Waals surface area contributed by atoms with E-state index < -0.39 is 0 Å². The van der Waals surface area contributed by atoms with E-state index in [1.807, 2.05) is 47.0 Å². The minimum absolute atomic E-state index is 0.0137. The molecule has 0 aliphatic rings. The number of nitrogens with zero attached hydrogens (tertiary/aromatic N) is 3. The Morgan fingerprint density at radius 2 is 2.00 bits per heavy atom. The normalized spacial score (nSPS) is 10.8. The topological polar surface area (TPSA) is 85.8 Å². The molecule has 3 N–H and O–H groups in total. The molecule has 0 unspecified atom stereocenters. The number of pyridine rings is 1. The van der Waals surface area contributed by atoms with E-state index in [4.69, 9.17) is 5.73 Å². The highest BCUT2D eigenvalue weighted by molar-refractivity contribution is 5.81. The van der Waals surface area contributed by atoms with Gasteiger partial charge in [-0.2, -0.15) is 0 Å². The molecule has 0 spiro atoms. The lowest BCUT2D eigenvalue weighted by Crippen LogP contribution is -2.29. The minimum atomic E-state index is -0.0137. The largest absolute Gasteiger partial charge is 0.355 e. The molecular weight excluding hydrogens is 290 g/mol. The van der Waals surface area contributed by atoms with Gasteiger partial charge < -0.3 is 15.6 Å². The summed E-state index contributed by atoms with van der Waals surface area (Å²) < 4.78 is 2.04. The minimum Gasteiger partial charge on any atom is -0.355 e. The van der Waals surface area contributed by atoms with Gasteiger partial charge in [-0.1, -0.05) is 18.2 Å². The first-order valence-electron chi connectivity index (χ1n) is 7.63. The van der Waals surface area contributed by atoms with Crippen molar-refractivity contribution in [1.29, 1.82) is 0 Å². The molecule has 0 aliphatic heterocycles. The van der Waals surface area contributed by atoms with Crippen molar-refractivity contribution in [3.63, 3.8) is 0 Å². The molecule has 6 nitrogen and oxygen atoms in total. The van der Waals surface area contributed by atoms with E-state index in [1.54, 1.807) is 6.20 Å². The number of aromatic nitrogens is 3. The summed E-state index contributed by atoms with van der Waals surface area (Å²) in [6.45, 7) is 1.48. The fraction of sp³-hybridized carbons (Fsp3) is 0.235. The van der Waals surface area contributed by atoms with Gasteiger partial charge in [0.15, 0.2) is 5.82 Å². The molecule has 118 valence electrons. The summed E-state index contributed by atoms with van der Waals surface area (Å²) in [5.41, 5.74) is 8.10. The highest BCUT2D eigenvalue weighted by Crippen LogP contribution is 2.23. The van der Waals surface area contributed by atoms with E-state index in [9.17, 15) is 4.79 Å². The zero-order valence-electron chi connectivity index (χ0n) is 12.8. The highest BCUT2D eigenvalue weighted by Gasteiger charge is 2.14. The standard InChI is InChI=1S/C17H19N5O/c18-9-11-20-16(23)8-12-22-15-7-2-1-5-13(15)21-17(22)14-6-3-4-10-19-14/h1-7,10H,8-9,11-12,18H2,(H,20,23). The molecule has 0 atom stereocenters. The van der Waals surface area contributed by atoms with E-state index in [-0.39, 0.29) is 5.91 Å². The van der Waals surface area contributed by atoms with E-state index in [0.29, 0.717) is 26.1 Å². The molecule has 1 amide bonds. The summed E-state index contributed by atoms with van der Waals surface area (Å²) in [5.74, 6) is 0.763. The lowest BCUT2D eigenvalue weighted by molar-refractivity contribution is -0.121. The van der Waals surface area contributed by atoms with Crippen molar-refractivity contribution in [2.45, 2.75) is 13.0 Å². The second-order valence-electron chi connectivity index (χ2n) is 5.18. The molecule has 0 radical (unpaired) electrons. The Bertz CT molecular complexity index is 797. The Morgan fingerprint density at radius 3 is 2.78 bits per heavy atom. The molecule has 3 aromatic rings. The van der Waals surface area contributed by atoms with Gasteiger partial charge in [0.05, 0.1) is 11.0 Å². The van der Waals surface area contributed by atoms with Crippen LogP contribution < -0.4 is 11.1 Å². The fourth-order valence-corrected chi connectivity index (χ4v) is 2.51. The van der Waals surface area contributed by atoms with Gasteiger partial charge in [-0.05, 0) is 24.3 Å². The van der Waals surface area contributed by atoms with E-state index >= 15 is 0 Å². The van der Waals surface area contributed by atoms with Crippen LogP contribution in [0.25, 0.3) is 22.6 Å². The number of nitrogens with two attached hydrogens (primary N) is 1. The smallest absolute Gasteiger partial charge is 0.221 e. The van der Waals surface area contributed by atoms with Crippen LogP contribution in [0, 0.1) is 0 Å². The Morgan fingerprint density at radius 1 is 1.17 bits per heavy atom. The number of aryl methyl sites for hydroxylation is 1. The van der Waals surface area contributed by atoms with Crippen molar-refractivity contribution >= 4 is 16.9 Å². The Balaban J connectivity index is 1.92. The third kappa shape index (κ3) is 3.37. The Labute approximate surface area is 134 Å². The molecule has 0 saturated heterocycles. The Hall–Kier alpha value is -2.73. The summed E-state index contributed by atoms with van der Waals surface area (Å²) >= 11 is 0. The third-order valence-electron chi connectivity index (χ3n) is 3.58. The van der Waals surface area contributed by atoms with Crippen LogP contribution in [-0.2, 0) is 11.3 Å². The molecule has 23 heavy (non-hydrogen) atoms. The van der Waals surface area contributed by atoms with Gasteiger partial charge in [-0.15, -0.1) is 0 Å². The van der Waals surface area contributed by atoms with E-state index in [2.05, 4.69) is 15.3 Å². The number of amides is 1. The number of fused-ring (bicyclic) bond motifs is 1. The number of carbonyl (C=O) groups is 1. The average Bonchev–Trinajstić information content (AvgIpc) is 2.97. The maximum atomic E-state index is 11.9. The molecule has 0 aliphatic carbocycles. The van der Waals surface area contributed by atoms with E-state index in [0.717, 1.165) is 22.6 Å². The summed E-state index contributed by atoms with van der Waals surface area (Å²) in [6, 6.07) is 13.6. The number of nitrogens with one attached hydrogen (secondary N) is 1. The monoisotopic (exact) mass is 309 g/mol. The second kappa shape index (κ2) is 7.02. The molecule has 1 aromatic carbocycles. The molecule has 2 aromatic heterocycles. The lowest BCUT2D eigenvalue weighted by atomic mass is 10.3. The third-order valence-corrected chi connectivity index (χ3v) is 3.58. The number of carbonyl (C=O) groups excluding carboxylic acids is 1. The average molecular weight is 309 g/mol. The van der Waals surface area contributed by atoms with Crippen LogP contribution in [-0.4, -0.2) is 33.5 Å². The van der Waals surface area contributed by atoms with Crippen molar-refractivity contribution in [3.05, 3.63) is 48.7 Å². The maximum absolute atomic E-state index is 11.9. The van der Waals surface area contributed by atoms with Gasteiger partial charge in [0.1, 0.15) is 5.69 Å². The van der Waals surface area contributed by atoms with Gasteiger partial charge in [-0.25, -0.2) is 4.98 Å². The fourth-order valence-electron chi connectivity index (χ4n) is 2.51. The van der Waals surface area contributed by atoms with Crippen molar-refractivity contribution in [1.82, 2.24) is 19.9 Å². The van der Waals surface area contributed by atoms with Gasteiger partial charge in [0, 0.05) is 32.3 Å². The zero-order chi connectivity index (χ0) is 16.1. The first-order chi connectivity index (χ1) is 11.3. The first kappa shape index (κ1) is 15.2. The number of hydrogen-bond donors (Lipinski definition) is 2. The van der Waals surface area contributed by atoms with Gasteiger partial charge in [0.2, 0.25) is 5.91 Å². The molecule has 0 fully saturated rings. The van der Waals surface area contributed by atoms with Crippen LogP contribution in [0.1, 0.15) is 6.42 Å². The van der Waals surface area contributed by atoms with Crippen LogP contribution in [0.15, 0.2) is 48.7 Å². The molecule has 2 heterocycles. The summed E-state index contributed by atoms with van der Waals surface area (Å²) in [4.78, 5) is 20.9. The van der Waals surface area contributed by atoms with E-state index in [1.165, 1.54) is 0 Å². The van der Waals surface area contributed by atoms with Crippen molar-refractivity contribution in [2.24, 2.45) is 5.73 Å². The number of rotatable bonds is 6.